The molecule has 0 amide bonds. The quantitative estimate of drug-likeness (QED) is 0.677. The molecule has 2 aromatic heterocycles. The molecule has 3 N–H and O–H groups in total. The summed E-state index contributed by atoms with van der Waals surface area (Å²) in [6.07, 6.45) is 3.58. The summed E-state index contributed by atoms with van der Waals surface area (Å²) in [5.41, 5.74) is 3.88. The van der Waals surface area contributed by atoms with E-state index in [0.29, 0.717) is 0 Å². The fraction of sp³-hybridized carbons (Fsp3) is 0.182. The van der Waals surface area contributed by atoms with Gasteiger partial charge >= 0.3 is 0 Å². The van der Waals surface area contributed by atoms with Crippen molar-refractivity contribution < 1.29 is 0 Å². The average molecular weight is 298 g/mol. The second kappa shape index (κ2) is 5.05. The van der Waals surface area contributed by atoms with Gasteiger partial charge in [-0.1, -0.05) is 0 Å². The zero-order valence-corrected chi connectivity index (χ0v) is 11.2. The van der Waals surface area contributed by atoms with E-state index in [1.807, 2.05) is 12.3 Å². The lowest BCUT2D eigenvalue weighted by Crippen LogP contribution is -2.28. The molecule has 0 bridgehead atoms. The van der Waals surface area contributed by atoms with E-state index in [1.54, 1.807) is 17.5 Å². The maximum absolute atomic E-state index is 5.61. The molecule has 3 nitrogen and oxygen atoms in total. The molecule has 1 atom stereocenters. The molecule has 0 aliphatic heterocycles. The summed E-state index contributed by atoms with van der Waals surface area (Å²) in [5, 5.41) is 0. The van der Waals surface area contributed by atoms with Crippen LogP contribution in [0.4, 0.5) is 0 Å². The summed E-state index contributed by atoms with van der Waals surface area (Å²) in [5.74, 6) is 5.61. The van der Waals surface area contributed by atoms with E-state index < -0.39 is 0 Å². The highest BCUT2D eigenvalue weighted by Gasteiger charge is 2.14. The van der Waals surface area contributed by atoms with Crippen molar-refractivity contribution >= 4 is 27.3 Å². The first-order valence-electron chi connectivity index (χ1n) is 4.83. The van der Waals surface area contributed by atoms with E-state index in [1.165, 1.54) is 9.75 Å². The van der Waals surface area contributed by atoms with E-state index in [4.69, 9.17) is 5.84 Å². The van der Waals surface area contributed by atoms with Crippen molar-refractivity contribution in [2.45, 2.75) is 13.0 Å². The third kappa shape index (κ3) is 2.49. The first-order valence-corrected chi connectivity index (χ1v) is 6.44. The van der Waals surface area contributed by atoms with Gasteiger partial charge in [-0.3, -0.25) is 10.8 Å². The summed E-state index contributed by atoms with van der Waals surface area (Å²) >= 11 is 5.15. The average Bonchev–Trinajstić information content (AvgIpc) is 2.66. The van der Waals surface area contributed by atoms with Gasteiger partial charge in [0.1, 0.15) is 0 Å². The molecule has 16 heavy (non-hydrogen) atoms. The number of nitrogens with zero attached hydrogens (tertiary/aromatic N) is 1. The Hall–Kier alpha value is -0.750. The van der Waals surface area contributed by atoms with Crippen molar-refractivity contribution in [1.29, 1.82) is 0 Å². The number of nitrogens with one attached hydrogen (secondary N) is 1. The lowest BCUT2D eigenvalue weighted by molar-refractivity contribution is 0.644. The van der Waals surface area contributed by atoms with Crippen molar-refractivity contribution in [1.82, 2.24) is 10.4 Å². The second-order valence-corrected chi connectivity index (χ2v) is 5.72. The number of aryl methyl sites for hydroxylation is 1. The van der Waals surface area contributed by atoms with Crippen LogP contribution in [0.2, 0.25) is 0 Å². The van der Waals surface area contributed by atoms with Crippen LogP contribution < -0.4 is 11.3 Å². The van der Waals surface area contributed by atoms with Gasteiger partial charge in [-0.25, -0.2) is 5.43 Å². The Labute approximate surface area is 107 Å². The fourth-order valence-corrected chi connectivity index (χ4v) is 2.89. The minimum absolute atomic E-state index is 0.00343. The molecule has 0 aromatic carbocycles. The molecule has 0 radical (unpaired) electrons. The molecule has 0 fully saturated rings. The molecular weight excluding hydrogens is 286 g/mol. The molecule has 84 valence electrons. The Morgan fingerprint density at radius 1 is 1.44 bits per heavy atom. The van der Waals surface area contributed by atoms with Crippen molar-refractivity contribution in [3.05, 3.63) is 50.4 Å². The van der Waals surface area contributed by atoms with E-state index in [-0.39, 0.29) is 6.04 Å². The lowest BCUT2D eigenvalue weighted by Gasteiger charge is -2.14. The van der Waals surface area contributed by atoms with E-state index in [9.17, 15) is 0 Å². The fourth-order valence-electron chi connectivity index (χ4n) is 1.54. The molecule has 0 saturated carbocycles. The van der Waals surface area contributed by atoms with Gasteiger partial charge in [-0.15, -0.1) is 11.3 Å². The molecule has 0 aliphatic rings. The van der Waals surface area contributed by atoms with Crippen LogP contribution in [-0.2, 0) is 0 Å². The van der Waals surface area contributed by atoms with Gasteiger partial charge in [0.15, 0.2) is 0 Å². The van der Waals surface area contributed by atoms with Gasteiger partial charge in [0.25, 0.3) is 0 Å². The minimum Gasteiger partial charge on any atom is -0.271 e. The third-order valence-electron chi connectivity index (χ3n) is 2.27. The summed E-state index contributed by atoms with van der Waals surface area (Å²) in [4.78, 5) is 6.62. The van der Waals surface area contributed by atoms with Crippen LogP contribution in [0, 0.1) is 6.92 Å². The van der Waals surface area contributed by atoms with Crippen molar-refractivity contribution in [2.24, 2.45) is 5.84 Å². The molecule has 5 heteroatoms. The van der Waals surface area contributed by atoms with Crippen LogP contribution in [0.15, 0.2) is 35.1 Å². The summed E-state index contributed by atoms with van der Waals surface area (Å²) in [6.45, 7) is 2.08. The number of halogens is 1. The highest BCUT2D eigenvalue weighted by molar-refractivity contribution is 9.10. The Kier molecular flexibility index (Phi) is 3.70. The van der Waals surface area contributed by atoms with Gasteiger partial charge in [0, 0.05) is 26.6 Å². The van der Waals surface area contributed by atoms with Crippen molar-refractivity contribution in [3.63, 3.8) is 0 Å². The van der Waals surface area contributed by atoms with Crippen LogP contribution in [-0.4, -0.2) is 4.98 Å². The number of rotatable bonds is 3. The van der Waals surface area contributed by atoms with E-state index in [2.05, 4.69) is 45.4 Å². The van der Waals surface area contributed by atoms with Gasteiger partial charge in [0.05, 0.1) is 6.04 Å². The predicted octanol–water partition coefficient (Wildman–Crippen LogP) is 2.77. The standard InChI is InChI=1S/C11H12BrN3S/c1-7-2-3-10(16-7)11(15-13)8-4-9(12)6-14-5-8/h2-6,11,15H,13H2,1H3. The molecule has 2 aromatic rings. The maximum Gasteiger partial charge on any atom is 0.0817 e. The largest absolute Gasteiger partial charge is 0.271 e. The summed E-state index contributed by atoms with van der Waals surface area (Å²) in [7, 11) is 0. The Morgan fingerprint density at radius 2 is 2.25 bits per heavy atom. The van der Waals surface area contributed by atoms with Crippen molar-refractivity contribution in [2.75, 3.05) is 0 Å². The minimum atomic E-state index is 0.00343. The van der Waals surface area contributed by atoms with E-state index >= 15 is 0 Å². The molecule has 0 aliphatic carbocycles. The van der Waals surface area contributed by atoms with Gasteiger partial charge in [-0.2, -0.15) is 0 Å². The monoisotopic (exact) mass is 297 g/mol. The first kappa shape index (κ1) is 11.7. The van der Waals surface area contributed by atoms with Crippen molar-refractivity contribution in [3.8, 4) is 0 Å². The number of thiophene rings is 1. The maximum atomic E-state index is 5.61. The molecule has 1 unspecified atom stereocenters. The zero-order chi connectivity index (χ0) is 11.5. The van der Waals surface area contributed by atoms with Crippen LogP contribution in [0.3, 0.4) is 0 Å². The number of hydrogen-bond acceptors (Lipinski definition) is 4. The Balaban J connectivity index is 2.36. The smallest absolute Gasteiger partial charge is 0.0817 e. The van der Waals surface area contributed by atoms with Crippen LogP contribution in [0.25, 0.3) is 0 Å². The molecule has 0 saturated heterocycles. The van der Waals surface area contributed by atoms with Crippen LogP contribution in [0.5, 0.6) is 0 Å². The van der Waals surface area contributed by atoms with Crippen LogP contribution in [0.1, 0.15) is 21.4 Å². The molecule has 2 rings (SSSR count). The molecule has 2 heterocycles. The Morgan fingerprint density at radius 3 is 2.81 bits per heavy atom. The van der Waals surface area contributed by atoms with Crippen LogP contribution >= 0.6 is 27.3 Å². The summed E-state index contributed by atoms with van der Waals surface area (Å²) in [6, 6.07) is 6.21. The number of hydrogen-bond donors (Lipinski definition) is 2. The number of aromatic nitrogens is 1. The lowest BCUT2D eigenvalue weighted by atomic mass is 10.1. The van der Waals surface area contributed by atoms with Gasteiger partial charge in [-0.05, 0) is 46.6 Å². The number of nitrogens with two attached hydrogens (primary N) is 1. The second-order valence-electron chi connectivity index (χ2n) is 3.48. The SMILES string of the molecule is Cc1ccc(C(NN)c2cncc(Br)c2)s1. The van der Waals surface area contributed by atoms with E-state index in [0.717, 1.165) is 10.0 Å². The third-order valence-corrected chi connectivity index (χ3v) is 3.77. The summed E-state index contributed by atoms with van der Waals surface area (Å²) < 4.78 is 0.957. The molecular formula is C11H12BrN3S. The predicted molar refractivity (Wildman–Crippen MR) is 70.2 cm³/mol. The first-order chi connectivity index (χ1) is 7.70. The topological polar surface area (TPSA) is 50.9 Å². The molecule has 0 spiro atoms. The normalized spacial score (nSPS) is 12.7. The van der Waals surface area contributed by atoms with Gasteiger partial charge < -0.3 is 0 Å². The number of pyridine rings is 1. The Bertz CT molecular complexity index is 484. The highest BCUT2D eigenvalue weighted by Crippen LogP contribution is 2.28. The zero-order valence-electron chi connectivity index (χ0n) is 8.77. The van der Waals surface area contributed by atoms with Gasteiger partial charge in [0.2, 0.25) is 0 Å². The highest BCUT2D eigenvalue weighted by atomic mass is 79.9. The number of hydrazine groups is 1.